The molecule has 8 heteroatoms. The third kappa shape index (κ3) is 3.66. The maximum Gasteiger partial charge on any atom is 0.275 e. The van der Waals surface area contributed by atoms with Crippen molar-refractivity contribution in [2.24, 2.45) is 0 Å². The number of H-pyrrole nitrogens is 1. The predicted molar refractivity (Wildman–Crippen MR) is 105 cm³/mol. The third-order valence-corrected chi connectivity index (χ3v) is 4.38. The molecule has 0 radical (unpaired) electrons. The molecule has 0 fully saturated rings. The first-order valence-electron chi connectivity index (χ1n) is 8.89. The van der Waals surface area contributed by atoms with Gasteiger partial charge in [-0.3, -0.25) is 9.59 Å². The van der Waals surface area contributed by atoms with Gasteiger partial charge in [-0.15, -0.1) is 0 Å². The standard InChI is InChI=1S/C20H18N6O2/c27-18(21-11-10-15-12-22-25-23-15)13-26-20(28)17-9-5-4-8-16(17)19(24-26)14-6-2-1-3-7-14/h1-9,12H,10-11,13H2,(H,21,27)(H,22,23,25). The van der Waals surface area contributed by atoms with E-state index < -0.39 is 0 Å². The monoisotopic (exact) mass is 374 g/mol. The molecule has 0 aliphatic heterocycles. The molecule has 4 aromatic rings. The minimum atomic E-state index is -0.290. The summed E-state index contributed by atoms with van der Waals surface area (Å²) in [6, 6.07) is 16.9. The van der Waals surface area contributed by atoms with Crippen molar-refractivity contribution >= 4 is 16.7 Å². The number of benzene rings is 2. The Morgan fingerprint density at radius 3 is 2.54 bits per heavy atom. The van der Waals surface area contributed by atoms with Crippen LogP contribution in [0.1, 0.15) is 5.69 Å². The number of carbonyl (C=O) groups excluding carboxylic acids is 1. The number of hydrogen-bond acceptors (Lipinski definition) is 5. The van der Waals surface area contributed by atoms with Gasteiger partial charge in [-0.1, -0.05) is 48.5 Å². The van der Waals surface area contributed by atoms with Crippen LogP contribution in [-0.4, -0.2) is 37.6 Å². The van der Waals surface area contributed by atoms with Gasteiger partial charge in [-0.2, -0.15) is 20.5 Å². The Hall–Kier alpha value is -3.81. The minimum Gasteiger partial charge on any atom is -0.354 e. The Labute approximate surface area is 160 Å². The molecule has 2 heterocycles. The molecule has 2 aromatic carbocycles. The molecule has 0 aliphatic rings. The highest BCUT2D eigenvalue weighted by Gasteiger charge is 2.14. The van der Waals surface area contributed by atoms with Crippen LogP contribution in [0.25, 0.3) is 22.0 Å². The smallest absolute Gasteiger partial charge is 0.275 e. The molecular formula is C20H18N6O2. The van der Waals surface area contributed by atoms with E-state index in [0.717, 1.165) is 16.6 Å². The first-order valence-corrected chi connectivity index (χ1v) is 8.89. The number of fused-ring (bicyclic) bond motifs is 1. The minimum absolute atomic E-state index is 0.150. The lowest BCUT2D eigenvalue weighted by Crippen LogP contribution is -2.35. The van der Waals surface area contributed by atoms with Crippen LogP contribution in [0.4, 0.5) is 0 Å². The lowest BCUT2D eigenvalue weighted by Gasteiger charge is -2.11. The molecule has 0 atom stereocenters. The fourth-order valence-corrected chi connectivity index (χ4v) is 3.02. The third-order valence-electron chi connectivity index (χ3n) is 4.38. The number of aromatic nitrogens is 5. The van der Waals surface area contributed by atoms with Gasteiger partial charge in [0.05, 0.1) is 23.0 Å². The van der Waals surface area contributed by atoms with Crippen LogP contribution in [0.15, 0.2) is 65.6 Å². The first kappa shape index (κ1) is 17.6. The number of rotatable bonds is 6. The number of hydrogen-bond donors (Lipinski definition) is 2. The fourth-order valence-electron chi connectivity index (χ4n) is 3.02. The number of carbonyl (C=O) groups is 1. The number of nitrogens with zero attached hydrogens (tertiary/aromatic N) is 4. The van der Waals surface area contributed by atoms with Crippen LogP contribution in [0.2, 0.25) is 0 Å². The summed E-state index contributed by atoms with van der Waals surface area (Å²) in [4.78, 5) is 25.1. The van der Waals surface area contributed by atoms with Gasteiger partial charge in [0.1, 0.15) is 6.54 Å². The van der Waals surface area contributed by atoms with E-state index in [2.05, 4.69) is 25.8 Å². The van der Waals surface area contributed by atoms with E-state index in [9.17, 15) is 9.59 Å². The van der Waals surface area contributed by atoms with Gasteiger partial charge < -0.3 is 5.32 Å². The first-order chi connectivity index (χ1) is 13.7. The largest absolute Gasteiger partial charge is 0.354 e. The van der Waals surface area contributed by atoms with Crippen LogP contribution < -0.4 is 10.9 Å². The fraction of sp³-hybridized carbons (Fsp3) is 0.150. The summed E-state index contributed by atoms with van der Waals surface area (Å²) in [6.45, 7) is 0.252. The Kier molecular flexibility index (Phi) is 4.92. The molecule has 0 unspecified atom stereocenters. The van der Waals surface area contributed by atoms with Gasteiger partial charge in [-0.25, -0.2) is 4.68 Å². The van der Waals surface area contributed by atoms with E-state index in [-0.39, 0.29) is 18.0 Å². The number of nitrogens with one attached hydrogen (secondary N) is 2. The molecule has 140 valence electrons. The normalized spacial score (nSPS) is 10.9. The quantitative estimate of drug-likeness (QED) is 0.533. The highest BCUT2D eigenvalue weighted by atomic mass is 16.2. The average Bonchev–Trinajstić information content (AvgIpc) is 3.24. The zero-order valence-electron chi connectivity index (χ0n) is 15.0. The summed E-state index contributed by atoms with van der Waals surface area (Å²) in [7, 11) is 0. The molecular weight excluding hydrogens is 356 g/mol. The molecule has 0 aliphatic carbocycles. The van der Waals surface area contributed by atoms with Crippen molar-refractivity contribution in [3.05, 3.63) is 76.8 Å². The second-order valence-electron chi connectivity index (χ2n) is 6.28. The molecule has 0 spiro atoms. The molecule has 0 bridgehead atoms. The van der Waals surface area contributed by atoms with Gasteiger partial charge in [0.25, 0.3) is 5.56 Å². The zero-order chi connectivity index (χ0) is 19.3. The molecule has 0 saturated carbocycles. The second-order valence-corrected chi connectivity index (χ2v) is 6.28. The van der Waals surface area contributed by atoms with E-state index in [0.29, 0.717) is 24.0 Å². The van der Waals surface area contributed by atoms with Gasteiger partial charge >= 0.3 is 0 Å². The van der Waals surface area contributed by atoms with Gasteiger partial charge in [0, 0.05) is 23.9 Å². The van der Waals surface area contributed by atoms with Crippen molar-refractivity contribution in [3.63, 3.8) is 0 Å². The van der Waals surface area contributed by atoms with Crippen LogP contribution in [0, 0.1) is 0 Å². The van der Waals surface area contributed by atoms with Gasteiger partial charge in [-0.05, 0) is 6.07 Å². The highest BCUT2D eigenvalue weighted by molar-refractivity contribution is 5.93. The Morgan fingerprint density at radius 2 is 1.79 bits per heavy atom. The van der Waals surface area contributed by atoms with Crippen molar-refractivity contribution in [2.45, 2.75) is 13.0 Å². The predicted octanol–water partition coefficient (Wildman–Crippen LogP) is 1.54. The van der Waals surface area contributed by atoms with E-state index in [4.69, 9.17) is 0 Å². The summed E-state index contributed by atoms with van der Waals surface area (Å²) in [5.74, 6) is -0.285. The van der Waals surface area contributed by atoms with Crippen LogP contribution in [-0.2, 0) is 17.8 Å². The van der Waals surface area contributed by atoms with Crippen LogP contribution in [0.5, 0.6) is 0 Å². The van der Waals surface area contributed by atoms with Crippen LogP contribution in [0.3, 0.4) is 0 Å². The topological polar surface area (TPSA) is 106 Å². The highest BCUT2D eigenvalue weighted by Crippen LogP contribution is 2.24. The van der Waals surface area contributed by atoms with E-state index in [1.165, 1.54) is 4.68 Å². The number of aromatic amines is 1. The Bertz CT molecular complexity index is 1150. The Morgan fingerprint density at radius 1 is 1.04 bits per heavy atom. The average molecular weight is 374 g/mol. The molecule has 0 saturated heterocycles. The summed E-state index contributed by atoms with van der Waals surface area (Å²) in [5.41, 5.74) is 2.03. The maximum atomic E-state index is 12.8. The van der Waals surface area contributed by atoms with Gasteiger partial charge in [0.15, 0.2) is 0 Å². The summed E-state index contributed by atoms with van der Waals surface area (Å²) in [6.07, 6.45) is 2.16. The maximum absolute atomic E-state index is 12.8. The van der Waals surface area contributed by atoms with Crippen molar-refractivity contribution in [1.82, 2.24) is 30.5 Å². The van der Waals surface area contributed by atoms with Crippen molar-refractivity contribution in [3.8, 4) is 11.3 Å². The van der Waals surface area contributed by atoms with E-state index >= 15 is 0 Å². The summed E-state index contributed by atoms with van der Waals surface area (Å²) in [5, 5.41) is 18.8. The number of amides is 1. The SMILES string of the molecule is O=C(Cn1nc(-c2ccccc2)c2ccccc2c1=O)NCCc1cn[nH]n1. The molecule has 1 amide bonds. The Balaban J connectivity index is 1.61. The van der Waals surface area contributed by atoms with Crippen molar-refractivity contribution in [2.75, 3.05) is 6.54 Å². The van der Waals surface area contributed by atoms with Crippen molar-refractivity contribution < 1.29 is 4.79 Å². The molecule has 2 N–H and O–H groups in total. The lowest BCUT2D eigenvalue weighted by molar-refractivity contribution is -0.121. The van der Waals surface area contributed by atoms with Crippen molar-refractivity contribution in [1.29, 1.82) is 0 Å². The summed E-state index contributed by atoms with van der Waals surface area (Å²) < 4.78 is 1.22. The van der Waals surface area contributed by atoms with Crippen LogP contribution >= 0.6 is 0 Å². The molecule has 28 heavy (non-hydrogen) atoms. The van der Waals surface area contributed by atoms with E-state index in [1.54, 1.807) is 18.3 Å². The van der Waals surface area contributed by atoms with E-state index in [1.807, 2.05) is 42.5 Å². The second kappa shape index (κ2) is 7.83. The zero-order valence-corrected chi connectivity index (χ0v) is 15.0. The molecule has 2 aromatic heterocycles. The lowest BCUT2D eigenvalue weighted by atomic mass is 10.1. The summed E-state index contributed by atoms with van der Waals surface area (Å²) >= 11 is 0. The molecule has 4 rings (SSSR count). The molecule has 8 nitrogen and oxygen atoms in total. The van der Waals surface area contributed by atoms with Gasteiger partial charge in [0.2, 0.25) is 5.91 Å².